The molecule has 0 unspecified atom stereocenters. The molecule has 0 saturated heterocycles. The number of allylic oxidation sites excluding steroid dienone is 2. The van der Waals surface area contributed by atoms with E-state index in [1.165, 1.54) is 6.07 Å². The number of rotatable bonds is 3. The topological polar surface area (TPSA) is 66.4 Å². The van der Waals surface area contributed by atoms with Crippen molar-refractivity contribution in [1.29, 1.82) is 0 Å². The summed E-state index contributed by atoms with van der Waals surface area (Å²) in [4.78, 5) is 22.8. The molecule has 5 heteroatoms. The number of halogens is 1. The van der Waals surface area contributed by atoms with E-state index >= 15 is 0 Å². The van der Waals surface area contributed by atoms with Crippen LogP contribution < -0.4 is 5.32 Å². The fourth-order valence-corrected chi connectivity index (χ4v) is 3.09. The van der Waals surface area contributed by atoms with Gasteiger partial charge in [0.25, 0.3) is 0 Å². The zero-order valence-electron chi connectivity index (χ0n) is 12.6. The van der Waals surface area contributed by atoms with Crippen molar-refractivity contribution in [1.82, 2.24) is 0 Å². The minimum Gasteiger partial charge on any atom is -0.478 e. The van der Waals surface area contributed by atoms with Gasteiger partial charge in [0.2, 0.25) is 0 Å². The van der Waals surface area contributed by atoms with Gasteiger partial charge in [-0.25, -0.2) is 4.79 Å². The van der Waals surface area contributed by atoms with Crippen molar-refractivity contribution in [2.75, 3.05) is 5.32 Å². The van der Waals surface area contributed by atoms with Crippen molar-refractivity contribution < 1.29 is 14.7 Å². The Bertz CT molecular complexity index is 855. The summed E-state index contributed by atoms with van der Waals surface area (Å²) in [6, 6.07) is 8.49. The summed E-state index contributed by atoms with van der Waals surface area (Å²) in [5.41, 5.74) is 2.62. The summed E-state index contributed by atoms with van der Waals surface area (Å²) in [5.74, 6) is -0.798. The molecule has 0 bridgehead atoms. The van der Waals surface area contributed by atoms with Crippen LogP contribution in [0.3, 0.4) is 0 Å². The molecule has 1 aliphatic rings. The Balaban J connectivity index is 2.01. The lowest BCUT2D eigenvalue weighted by atomic mass is 9.96. The van der Waals surface area contributed by atoms with Crippen molar-refractivity contribution in [2.45, 2.75) is 26.2 Å². The molecule has 2 aromatic rings. The number of aromatic carboxylic acids is 1. The number of carbonyl (C=O) groups excluding carboxylic acids is 1. The highest BCUT2D eigenvalue weighted by Crippen LogP contribution is 2.34. The van der Waals surface area contributed by atoms with Gasteiger partial charge in [-0.2, -0.15) is 0 Å². The van der Waals surface area contributed by atoms with Crippen LogP contribution in [0.25, 0.3) is 10.8 Å². The standard InChI is InChI=1S/C18H16ClNO3/c1-10-14(3-2-4-16(10)21)20-15-8-6-11-9-12(18(22)23)5-7-13(11)17(15)19/h5-9,20H,2-4H2,1H3,(H,22,23). The molecule has 2 aromatic carbocycles. The predicted octanol–water partition coefficient (Wildman–Crippen LogP) is 4.63. The van der Waals surface area contributed by atoms with Gasteiger partial charge in [-0.15, -0.1) is 0 Å². The van der Waals surface area contributed by atoms with E-state index in [1.54, 1.807) is 12.1 Å². The summed E-state index contributed by atoms with van der Waals surface area (Å²) >= 11 is 6.46. The first kappa shape index (κ1) is 15.6. The Morgan fingerprint density at radius 2 is 2.00 bits per heavy atom. The average Bonchev–Trinajstić information content (AvgIpc) is 2.54. The van der Waals surface area contributed by atoms with Crippen LogP contribution in [0.1, 0.15) is 36.5 Å². The maximum absolute atomic E-state index is 11.8. The second-order valence-corrected chi connectivity index (χ2v) is 6.05. The van der Waals surface area contributed by atoms with Gasteiger partial charge in [0, 0.05) is 23.1 Å². The van der Waals surface area contributed by atoms with Crippen molar-refractivity contribution in [3.05, 3.63) is 52.2 Å². The molecule has 0 amide bonds. The minimum absolute atomic E-state index is 0.168. The Hall–Kier alpha value is -2.33. The molecule has 4 nitrogen and oxygen atoms in total. The molecule has 0 spiro atoms. The number of carbonyl (C=O) groups is 2. The molecule has 0 aliphatic heterocycles. The normalized spacial score (nSPS) is 15.1. The summed E-state index contributed by atoms with van der Waals surface area (Å²) in [6.07, 6.45) is 2.26. The fraction of sp³-hybridized carbons (Fsp3) is 0.222. The van der Waals surface area contributed by atoms with Crippen LogP contribution in [0, 0.1) is 0 Å². The van der Waals surface area contributed by atoms with Gasteiger partial charge < -0.3 is 10.4 Å². The molecule has 1 aliphatic carbocycles. The first-order valence-electron chi connectivity index (χ1n) is 7.43. The Kier molecular flexibility index (Phi) is 4.09. The van der Waals surface area contributed by atoms with Crippen molar-refractivity contribution in [3.8, 4) is 0 Å². The summed E-state index contributed by atoms with van der Waals surface area (Å²) in [7, 11) is 0. The van der Waals surface area contributed by atoms with E-state index < -0.39 is 5.97 Å². The van der Waals surface area contributed by atoms with Gasteiger partial charge in [-0.1, -0.05) is 23.7 Å². The van der Waals surface area contributed by atoms with E-state index in [0.29, 0.717) is 11.4 Å². The number of anilines is 1. The number of Topliss-reactive ketones (excluding diaryl/α,β-unsaturated/α-hetero) is 1. The number of fused-ring (bicyclic) bond motifs is 1. The highest BCUT2D eigenvalue weighted by atomic mass is 35.5. The lowest BCUT2D eigenvalue weighted by molar-refractivity contribution is -0.116. The van der Waals surface area contributed by atoms with Crippen LogP contribution in [-0.4, -0.2) is 16.9 Å². The molecule has 0 aromatic heterocycles. The van der Waals surface area contributed by atoms with Crippen molar-refractivity contribution in [3.63, 3.8) is 0 Å². The second kappa shape index (κ2) is 6.05. The lowest BCUT2D eigenvalue weighted by Gasteiger charge is -2.19. The van der Waals surface area contributed by atoms with Gasteiger partial charge >= 0.3 is 5.97 Å². The van der Waals surface area contributed by atoms with E-state index in [1.807, 2.05) is 19.1 Å². The third-order valence-corrected chi connectivity index (χ3v) is 4.60. The van der Waals surface area contributed by atoms with Gasteiger partial charge in [-0.05, 0) is 43.4 Å². The van der Waals surface area contributed by atoms with Crippen LogP contribution in [0.2, 0.25) is 5.02 Å². The van der Waals surface area contributed by atoms with Crippen LogP contribution in [-0.2, 0) is 4.79 Å². The Labute approximate surface area is 138 Å². The molecule has 0 atom stereocenters. The van der Waals surface area contributed by atoms with E-state index in [9.17, 15) is 9.59 Å². The highest BCUT2D eigenvalue weighted by Gasteiger charge is 2.18. The number of hydrogen-bond acceptors (Lipinski definition) is 3. The molecule has 2 N–H and O–H groups in total. The van der Waals surface area contributed by atoms with Crippen LogP contribution in [0.15, 0.2) is 41.6 Å². The molecular weight excluding hydrogens is 314 g/mol. The van der Waals surface area contributed by atoms with Crippen LogP contribution >= 0.6 is 11.6 Å². The van der Waals surface area contributed by atoms with Gasteiger partial charge in [0.05, 0.1) is 16.3 Å². The Morgan fingerprint density at radius 3 is 2.74 bits per heavy atom. The monoisotopic (exact) mass is 329 g/mol. The molecule has 0 heterocycles. The molecule has 0 fully saturated rings. The SMILES string of the molecule is CC1=C(Nc2ccc3cc(C(=O)O)ccc3c2Cl)CCCC1=O. The van der Waals surface area contributed by atoms with E-state index in [2.05, 4.69) is 5.32 Å². The second-order valence-electron chi connectivity index (χ2n) is 5.67. The van der Waals surface area contributed by atoms with E-state index in [4.69, 9.17) is 16.7 Å². The largest absolute Gasteiger partial charge is 0.478 e. The van der Waals surface area contributed by atoms with Crippen LogP contribution in [0.4, 0.5) is 5.69 Å². The average molecular weight is 330 g/mol. The van der Waals surface area contributed by atoms with Crippen LogP contribution in [0.5, 0.6) is 0 Å². The highest BCUT2D eigenvalue weighted by molar-refractivity contribution is 6.38. The van der Waals surface area contributed by atoms with Gasteiger partial charge in [-0.3, -0.25) is 4.79 Å². The third-order valence-electron chi connectivity index (χ3n) is 4.19. The van der Waals surface area contributed by atoms with Crippen molar-refractivity contribution in [2.24, 2.45) is 0 Å². The number of carboxylic acid groups (broad SMARTS) is 1. The van der Waals surface area contributed by atoms with Gasteiger partial charge in [0.1, 0.15) is 0 Å². The quantitative estimate of drug-likeness (QED) is 0.861. The Morgan fingerprint density at radius 1 is 1.22 bits per heavy atom. The van der Waals surface area contributed by atoms with Gasteiger partial charge in [0.15, 0.2) is 5.78 Å². The summed E-state index contributed by atoms with van der Waals surface area (Å²) in [6.45, 7) is 1.83. The molecule has 23 heavy (non-hydrogen) atoms. The minimum atomic E-state index is -0.966. The zero-order chi connectivity index (χ0) is 16.6. The molecule has 0 radical (unpaired) electrons. The zero-order valence-corrected chi connectivity index (χ0v) is 13.4. The van der Waals surface area contributed by atoms with E-state index in [0.717, 1.165) is 40.6 Å². The third kappa shape index (κ3) is 2.94. The summed E-state index contributed by atoms with van der Waals surface area (Å²) < 4.78 is 0. The number of hydrogen-bond donors (Lipinski definition) is 2. The molecule has 0 saturated carbocycles. The number of benzene rings is 2. The fourth-order valence-electron chi connectivity index (χ4n) is 2.81. The molecule has 118 valence electrons. The number of ketones is 1. The smallest absolute Gasteiger partial charge is 0.335 e. The number of carboxylic acids is 1. The van der Waals surface area contributed by atoms with E-state index in [-0.39, 0.29) is 11.3 Å². The lowest BCUT2D eigenvalue weighted by Crippen LogP contribution is -2.14. The molecular formula is C18H16ClNO3. The number of nitrogens with one attached hydrogen (secondary N) is 1. The first-order chi connectivity index (χ1) is 11.0. The first-order valence-corrected chi connectivity index (χ1v) is 7.80. The molecule has 3 rings (SSSR count). The maximum atomic E-state index is 11.8. The van der Waals surface area contributed by atoms with Crippen molar-refractivity contribution >= 4 is 39.8 Å². The summed E-state index contributed by atoms with van der Waals surface area (Å²) in [5, 5.41) is 14.4. The maximum Gasteiger partial charge on any atom is 0.335 e. The predicted molar refractivity (Wildman–Crippen MR) is 91.1 cm³/mol.